The summed E-state index contributed by atoms with van der Waals surface area (Å²) in [6.45, 7) is 0. The highest BCUT2D eigenvalue weighted by Gasteiger charge is 2.37. The molecule has 0 saturated heterocycles. The van der Waals surface area contributed by atoms with Gasteiger partial charge in [-0.05, 0) is 43.0 Å². The number of alkyl halides is 3. The maximum atomic E-state index is 12.1. The Morgan fingerprint density at radius 1 is 1.24 bits per heavy atom. The summed E-state index contributed by atoms with van der Waals surface area (Å²) in [5.41, 5.74) is 12.1. The number of hydrogen-bond acceptors (Lipinski definition) is 3. The van der Waals surface area contributed by atoms with E-state index in [0.717, 1.165) is 19.3 Å². The Morgan fingerprint density at radius 2 is 1.88 bits per heavy atom. The molecule has 4 N–H and O–H groups in total. The zero-order valence-corrected chi connectivity index (χ0v) is 9.05. The Kier molecular flexibility index (Phi) is 2.69. The van der Waals surface area contributed by atoms with Crippen molar-refractivity contribution in [2.75, 3.05) is 5.73 Å². The molecule has 1 aromatic rings. The van der Waals surface area contributed by atoms with Gasteiger partial charge >= 0.3 is 6.36 Å². The lowest BCUT2D eigenvalue weighted by molar-refractivity contribution is -0.274. The van der Waals surface area contributed by atoms with Gasteiger partial charge in [-0.25, -0.2) is 0 Å². The van der Waals surface area contributed by atoms with Crippen LogP contribution in [0.5, 0.6) is 5.75 Å². The minimum Gasteiger partial charge on any atom is -0.406 e. The summed E-state index contributed by atoms with van der Waals surface area (Å²) in [5, 5.41) is 0. The fourth-order valence-corrected chi connectivity index (χ4v) is 1.99. The third-order valence-corrected chi connectivity index (χ3v) is 3.04. The molecule has 0 radical (unpaired) electrons. The highest BCUT2D eigenvalue weighted by molar-refractivity contribution is 5.54. The van der Waals surface area contributed by atoms with Gasteiger partial charge in [-0.15, -0.1) is 13.2 Å². The summed E-state index contributed by atoms with van der Waals surface area (Å²) in [5.74, 6) is -0.279. The third-order valence-electron chi connectivity index (χ3n) is 3.04. The quantitative estimate of drug-likeness (QED) is 0.788. The number of nitrogens with two attached hydrogens (primary N) is 2. The molecule has 0 aliphatic heterocycles. The molecule has 1 saturated carbocycles. The van der Waals surface area contributed by atoms with E-state index in [0.29, 0.717) is 11.3 Å². The molecule has 0 spiro atoms. The van der Waals surface area contributed by atoms with Crippen molar-refractivity contribution >= 4 is 5.69 Å². The van der Waals surface area contributed by atoms with Gasteiger partial charge in [0, 0.05) is 11.2 Å². The number of nitrogen functional groups attached to an aromatic ring is 1. The minimum atomic E-state index is -4.70. The van der Waals surface area contributed by atoms with Crippen molar-refractivity contribution in [1.82, 2.24) is 0 Å². The Morgan fingerprint density at radius 3 is 2.35 bits per heavy atom. The molecule has 0 heterocycles. The zero-order chi connectivity index (χ0) is 12.7. The zero-order valence-electron chi connectivity index (χ0n) is 9.05. The van der Waals surface area contributed by atoms with E-state index in [1.807, 2.05) is 0 Å². The van der Waals surface area contributed by atoms with Gasteiger partial charge in [-0.2, -0.15) is 0 Å². The van der Waals surface area contributed by atoms with Crippen molar-refractivity contribution in [1.29, 1.82) is 0 Å². The molecule has 17 heavy (non-hydrogen) atoms. The molecule has 0 atom stereocenters. The molecule has 0 aromatic heterocycles. The second kappa shape index (κ2) is 3.80. The molecule has 6 heteroatoms. The largest absolute Gasteiger partial charge is 0.573 e. The minimum absolute atomic E-state index is 0.279. The van der Waals surface area contributed by atoms with Crippen LogP contribution in [0.4, 0.5) is 18.9 Å². The Balaban J connectivity index is 2.30. The normalized spacial score (nSPS) is 18.6. The van der Waals surface area contributed by atoms with E-state index >= 15 is 0 Å². The van der Waals surface area contributed by atoms with Crippen molar-refractivity contribution in [2.24, 2.45) is 5.73 Å². The van der Waals surface area contributed by atoms with Crippen LogP contribution >= 0.6 is 0 Å². The molecule has 0 amide bonds. The van der Waals surface area contributed by atoms with Crippen LogP contribution in [-0.4, -0.2) is 6.36 Å². The molecule has 3 nitrogen and oxygen atoms in total. The van der Waals surface area contributed by atoms with Gasteiger partial charge in [0.15, 0.2) is 0 Å². The first-order valence-electron chi connectivity index (χ1n) is 5.25. The molecular formula is C11H13F3N2O. The number of hydrogen-bond donors (Lipinski definition) is 2. The van der Waals surface area contributed by atoms with Crippen molar-refractivity contribution in [3.05, 3.63) is 23.8 Å². The molecule has 1 aliphatic carbocycles. The van der Waals surface area contributed by atoms with Crippen LogP contribution in [0.1, 0.15) is 24.8 Å². The lowest BCUT2D eigenvalue weighted by Crippen LogP contribution is -2.43. The number of ether oxygens (including phenoxy) is 1. The fraction of sp³-hybridized carbons (Fsp3) is 0.455. The first-order valence-corrected chi connectivity index (χ1v) is 5.25. The van der Waals surface area contributed by atoms with Crippen molar-refractivity contribution in [3.63, 3.8) is 0 Å². The third kappa shape index (κ3) is 2.46. The second-order valence-corrected chi connectivity index (χ2v) is 4.31. The molecular weight excluding hydrogens is 233 g/mol. The highest BCUT2D eigenvalue weighted by atomic mass is 19.4. The van der Waals surface area contributed by atoms with Crippen LogP contribution < -0.4 is 16.2 Å². The van der Waals surface area contributed by atoms with Crippen molar-refractivity contribution < 1.29 is 17.9 Å². The summed E-state index contributed by atoms with van der Waals surface area (Å²) in [7, 11) is 0. The van der Waals surface area contributed by atoms with Crippen molar-refractivity contribution in [2.45, 2.75) is 31.2 Å². The van der Waals surface area contributed by atoms with Crippen molar-refractivity contribution in [3.8, 4) is 5.75 Å². The maximum Gasteiger partial charge on any atom is 0.573 e. The summed E-state index contributed by atoms with van der Waals surface area (Å²) in [4.78, 5) is 0. The summed E-state index contributed by atoms with van der Waals surface area (Å²) in [6, 6.07) is 3.86. The number of anilines is 1. The molecule has 1 fully saturated rings. The van der Waals surface area contributed by atoms with E-state index in [-0.39, 0.29) is 5.75 Å². The Bertz CT molecular complexity index is 427. The van der Waals surface area contributed by atoms with Gasteiger partial charge in [0.1, 0.15) is 5.75 Å². The van der Waals surface area contributed by atoms with E-state index in [1.165, 1.54) is 18.2 Å². The summed E-state index contributed by atoms with van der Waals surface area (Å²) < 4.78 is 40.1. The fourth-order valence-electron chi connectivity index (χ4n) is 1.99. The van der Waals surface area contributed by atoms with Gasteiger partial charge < -0.3 is 16.2 Å². The molecule has 2 rings (SSSR count). The van der Waals surface area contributed by atoms with Gasteiger partial charge in [0.25, 0.3) is 0 Å². The van der Waals surface area contributed by atoms with Crippen LogP contribution in [0, 0.1) is 0 Å². The first-order chi connectivity index (χ1) is 7.80. The van der Waals surface area contributed by atoms with Crippen LogP contribution in [0.2, 0.25) is 0 Å². The second-order valence-electron chi connectivity index (χ2n) is 4.31. The average molecular weight is 246 g/mol. The average Bonchev–Trinajstić information content (AvgIpc) is 2.15. The highest BCUT2D eigenvalue weighted by Crippen LogP contribution is 2.42. The molecule has 1 aromatic carbocycles. The molecule has 94 valence electrons. The van der Waals surface area contributed by atoms with Gasteiger partial charge in [0.2, 0.25) is 0 Å². The molecule has 0 bridgehead atoms. The number of halogens is 3. The standard InChI is InChI=1S/C11H13F3N2O/c12-11(13,14)17-7-2-3-9(15)8(6-7)10(16)4-1-5-10/h2-3,6H,1,4-5,15-16H2. The SMILES string of the molecule is Nc1ccc(OC(F)(F)F)cc1C1(N)CCC1. The monoisotopic (exact) mass is 246 g/mol. The number of rotatable bonds is 2. The van der Waals surface area contributed by atoms with Gasteiger partial charge in [-0.1, -0.05) is 0 Å². The summed E-state index contributed by atoms with van der Waals surface area (Å²) in [6.07, 6.45) is -2.28. The van der Waals surface area contributed by atoms with Crippen LogP contribution in [0.15, 0.2) is 18.2 Å². The predicted molar refractivity (Wildman–Crippen MR) is 57.3 cm³/mol. The first kappa shape index (κ1) is 12.0. The topological polar surface area (TPSA) is 61.3 Å². The Hall–Kier alpha value is -1.43. The van der Waals surface area contributed by atoms with E-state index in [4.69, 9.17) is 11.5 Å². The van der Waals surface area contributed by atoms with Gasteiger partial charge in [0.05, 0.1) is 0 Å². The van der Waals surface area contributed by atoms with Crippen LogP contribution in [0.3, 0.4) is 0 Å². The van der Waals surface area contributed by atoms with E-state index in [9.17, 15) is 13.2 Å². The van der Waals surface area contributed by atoms with Gasteiger partial charge in [-0.3, -0.25) is 0 Å². The maximum absolute atomic E-state index is 12.1. The molecule has 1 aliphatic rings. The van der Waals surface area contributed by atoms with E-state index in [1.54, 1.807) is 0 Å². The summed E-state index contributed by atoms with van der Waals surface area (Å²) >= 11 is 0. The smallest absolute Gasteiger partial charge is 0.406 e. The lowest BCUT2D eigenvalue weighted by atomic mass is 9.72. The van der Waals surface area contributed by atoms with E-state index in [2.05, 4.69) is 4.74 Å². The Labute approximate surface area is 96.5 Å². The van der Waals surface area contributed by atoms with Crippen LogP contribution in [0.25, 0.3) is 0 Å². The lowest BCUT2D eigenvalue weighted by Gasteiger charge is -2.39. The van der Waals surface area contributed by atoms with Crippen LogP contribution in [-0.2, 0) is 5.54 Å². The predicted octanol–water partition coefficient (Wildman–Crippen LogP) is 2.51. The molecule has 0 unspecified atom stereocenters. The number of benzene rings is 1. The van der Waals surface area contributed by atoms with E-state index < -0.39 is 11.9 Å².